The van der Waals surface area contributed by atoms with Crippen LogP contribution in [-0.2, 0) is 0 Å². The molecule has 74 valence electrons. The molecule has 0 N–H and O–H groups in total. The Morgan fingerprint density at radius 1 is 1.36 bits per heavy atom. The van der Waals surface area contributed by atoms with Crippen molar-refractivity contribution < 1.29 is 4.42 Å². The summed E-state index contributed by atoms with van der Waals surface area (Å²) in [7, 11) is 0. The Labute approximate surface area is 89.8 Å². The first-order valence-electron chi connectivity index (χ1n) is 4.40. The number of benzene rings is 1. The smallest absolute Gasteiger partial charge is 0.134 e. The zero-order valence-corrected chi connectivity index (χ0v) is 9.34. The third-order valence-electron chi connectivity index (χ3n) is 1.90. The van der Waals surface area contributed by atoms with Crippen LogP contribution in [0.2, 0.25) is 0 Å². The van der Waals surface area contributed by atoms with E-state index in [-0.39, 0.29) is 0 Å². The molecule has 0 aliphatic heterocycles. The predicted octanol–water partition coefficient (Wildman–Crippen LogP) is 4.11. The van der Waals surface area contributed by atoms with Crippen LogP contribution in [-0.4, -0.2) is 0 Å². The lowest BCUT2D eigenvalue weighted by Gasteiger charge is -1.90. The molecule has 0 atom stereocenters. The average Bonchev–Trinajstić information content (AvgIpc) is 2.48. The van der Waals surface area contributed by atoms with Crippen molar-refractivity contribution in [3.63, 3.8) is 0 Å². The van der Waals surface area contributed by atoms with Gasteiger partial charge in [-0.2, -0.15) is 12.6 Å². The van der Waals surface area contributed by atoms with Crippen molar-refractivity contribution >= 4 is 23.6 Å². The first-order valence-corrected chi connectivity index (χ1v) is 4.91. The van der Waals surface area contributed by atoms with Gasteiger partial charge in [-0.1, -0.05) is 18.7 Å². The molecule has 0 saturated heterocycles. The van der Waals surface area contributed by atoms with Crippen LogP contribution >= 0.6 is 12.6 Å². The van der Waals surface area contributed by atoms with Gasteiger partial charge in [0.15, 0.2) is 0 Å². The van der Waals surface area contributed by atoms with Crippen LogP contribution in [0, 0.1) is 13.8 Å². The van der Waals surface area contributed by atoms with Crippen molar-refractivity contribution in [3.8, 4) is 0 Å². The van der Waals surface area contributed by atoms with Gasteiger partial charge in [0.05, 0.1) is 0 Å². The van der Waals surface area contributed by atoms with E-state index in [1.54, 1.807) is 0 Å². The van der Waals surface area contributed by atoms with Gasteiger partial charge in [-0.25, -0.2) is 0 Å². The second-order valence-electron chi connectivity index (χ2n) is 3.03. The predicted molar refractivity (Wildman–Crippen MR) is 64.9 cm³/mol. The number of thiol groups is 1. The van der Waals surface area contributed by atoms with E-state index in [1.165, 1.54) is 16.4 Å². The highest BCUT2D eigenvalue weighted by atomic mass is 32.1. The van der Waals surface area contributed by atoms with Gasteiger partial charge in [0.1, 0.15) is 11.3 Å². The summed E-state index contributed by atoms with van der Waals surface area (Å²) < 4.78 is 5.45. The summed E-state index contributed by atoms with van der Waals surface area (Å²) in [5.41, 5.74) is 2.27. The van der Waals surface area contributed by atoms with E-state index in [4.69, 9.17) is 4.42 Å². The first-order chi connectivity index (χ1) is 6.69. The summed E-state index contributed by atoms with van der Waals surface area (Å²) in [6.07, 6.45) is 0. The molecule has 0 fully saturated rings. The minimum atomic E-state index is 0.981. The van der Waals surface area contributed by atoms with E-state index < -0.39 is 0 Å². The molecule has 2 heteroatoms. The fraction of sp³-hybridized carbons (Fsp3) is 0.167. The van der Waals surface area contributed by atoms with Gasteiger partial charge in [-0.3, -0.25) is 0 Å². The van der Waals surface area contributed by atoms with Crippen molar-refractivity contribution in [1.82, 2.24) is 0 Å². The summed E-state index contributed by atoms with van der Waals surface area (Å²) in [5.74, 6) is 0.981. The molecule has 2 rings (SSSR count). The normalized spacial score (nSPS) is 9.36. The van der Waals surface area contributed by atoms with Crippen molar-refractivity contribution in [2.45, 2.75) is 13.8 Å². The summed E-state index contributed by atoms with van der Waals surface area (Å²) in [6, 6.07) is 8.18. The third kappa shape index (κ3) is 2.42. The Hall–Kier alpha value is -1.15. The molecule has 0 aliphatic rings. The molecular weight excluding hydrogens is 192 g/mol. The lowest BCUT2D eigenvalue weighted by molar-refractivity contribution is 0.578. The number of hydrogen-bond acceptors (Lipinski definition) is 2. The molecule has 2 aromatic rings. The van der Waals surface area contributed by atoms with E-state index in [9.17, 15) is 0 Å². The molecule has 1 aromatic carbocycles. The van der Waals surface area contributed by atoms with E-state index in [0.717, 1.165) is 11.3 Å². The largest absolute Gasteiger partial charge is 0.461 e. The van der Waals surface area contributed by atoms with Crippen LogP contribution in [0.15, 0.2) is 40.7 Å². The maximum absolute atomic E-state index is 5.45. The lowest BCUT2D eigenvalue weighted by Crippen LogP contribution is -1.69. The monoisotopic (exact) mass is 206 g/mol. The Kier molecular flexibility index (Phi) is 3.84. The van der Waals surface area contributed by atoms with Crippen LogP contribution in [0.25, 0.3) is 11.0 Å². The maximum Gasteiger partial charge on any atom is 0.134 e. The molecule has 14 heavy (non-hydrogen) atoms. The minimum absolute atomic E-state index is 0.981. The average molecular weight is 206 g/mol. The molecule has 0 spiro atoms. The van der Waals surface area contributed by atoms with Crippen molar-refractivity contribution in [2.24, 2.45) is 0 Å². The summed E-state index contributed by atoms with van der Waals surface area (Å²) in [6.45, 7) is 7.29. The lowest BCUT2D eigenvalue weighted by atomic mass is 10.1. The molecule has 0 unspecified atom stereocenters. The van der Waals surface area contributed by atoms with E-state index in [0.29, 0.717) is 0 Å². The topological polar surface area (TPSA) is 13.1 Å². The SMILES string of the molecule is C=CS.Cc1cc2c(C)cccc2o1. The van der Waals surface area contributed by atoms with Crippen molar-refractivity contribution in [2.75, 3.05) is 0 Å². The van der Waals surface area contributed by atoms with Crippen LogP contribution in [0.5, 0.6) is 0 Å². The molecule has 0 amide bonds. The Morgan fingerprint density at radius 2 is 2.00 bits per heavy atom. The zero-order chi connectivity index (χ0) is 10.6. The third-order valence-corrected chi connectivity index (χ3v) is 1.90. The first kappa shape index (κ1) is 10.9. The van der Waals surface area contributed by atoms with Gasteiger partial charge in [0, 0.05) is 5.39 Å². The maximum atomic E-state index is 5.45. The van der Waals surface area contributed by atoms with Crippen LogP contribution < -0.4 is 0 Å². The number of aryl methyl sites for hydroxylation is 2. The highest BCUT2D eigenvalue weighted by Crippen LogP contribution is 2.21. The van der Waals surface area contributed by atoms with Crippen LogP contribution in [0.4, 0.5) is 0 Å². The fourth-order valence-corrected chi connectivity index (χ4v) is 1.33. The standard InChI is InChI=1S/C10H10O.C2H4S/c1-7-4-3-5-10-9(7)6-8(2)11-10;1-2-3/h3-6H,1-2H3;2-3H,1H2. The van der Waals surface area contributed by atoms with Crippen LogP contribution in [0.1, 0.15) is 11.3 Å². The molecule has 0 bridgehead atoms. The van der Waals surface area contributed by atoms with E-state index in [1.807, 2.05) is 19.1 Å². The fourth-order valence-electron chi connectivity index (χ4n) is 1.33. The van der Waals surface area contributed by atoms with Gasteiger partial charge in [-0.15, -0.1) is 0 Å². The second-order valence-corrected chi connectivity index (χ2v) is 3.39. The van der Waals surface area contributed by atoms with E-state index in [2.05, 4.69) is 38.3 Å². The summed E-state index contributed by atoms with van der Waals surface area (Å²) in [5, 5.41) is 2.67. The number of fused-ring (bicyclic) bond motifs is 1. The number of rotatable bonds is 0. The van der Waals surface area contributed by atoms with Gasteiger partial charge < -0.3 is 4.42 Å². The number of hydrogen-bond donors (Lipinski definition) is 1. The summed E-state index contributed by atoms with van der Waals surface area (Å²) in [4.78, 5) is 0. The van der Waals surface area contributed by atoms with Gasteiger partial charge >= 0.3 is 0 Å². The highest BCUT2D eigenvalue weighted by molar-refractivity contribution is 7.83. The number of furan rings is 1. The zero-order valence-electron chi connectivity index (χ0n) is 8.45. The second kappa shape index (κ2) is 4.91. The quantitative estimate of drug-likeness (QED) is 0.640. The van der Waals surface area contributed by atoms with Gasteiger partial charge in [-0.05, 0) is 37.0 Å². The molecule has 1 heterocycles. The highest BCUT2D eigenvalue weighted by Gasteiger charge is 2.00. The Morgan fingerprint density at radius 3 is 2.57 bits per heavy atom. The van der Waals surface area contributed by atoms with E-state index >= 15 is 0 Å². The van der Waals surface area contributed by atoms with Crippen molar-refractivity contribution in [1.29, 1.82) is 0 Å². The molecule has 1 nitrogen and oxygen atoms in total. The Balaban J connectivity index is 0.000000293. The van der Waals surface area contributed by atoms with Gasteiger partial charge in [0.25, 0.3) is 0 Å². The van der Waals surface area contributed by atoms with Crippen LogP contribution in [0.3, 0.4) is 0 Å². The van der Waals surface area contributed by atoms with Gasteiger partial charge in [0.2, 0.25) is 0 Å². The molecule has 1 aromatic heterocycles. The molecule has 0 saturated carbocycles. The summed E-state index contributed by atoms with van der Waals surface area (Å²) >= 11 is 3.55. The molecular formula is C12H14OS. The molecule has 0 radical (unpaired) electrons. The molecule has 0 aliphatic carbocycles. The van der Waals surface area contributed by atoms with Crippen molar-refractivity contribution in [3.05, 3.63) is 47.6 Å². The Bertz CT molecular complexity index is 429. The minimum Gasteiger partial charge on any atom is -0.461 e.